The number of hydrogen-bond acceptors (Lipinski definition) is 2. The van der Waals surface area contributed by atoms with Crippen LogP contribution < -0.4 is 5.32 Å². The molecule has 3 nitrogen and oxygen atoms in total. The molecule has 0 saturated carbocycles. The first kappa shape index (κ1) is 7.05. The third-order valence-corrected chi connectivity index (χ3v) is 1.45. The lowest BCUT2D eigenvalue weighted by Crippen LogP contribution is -2.48. The van der Waals surface area contributed by atoms with Gasteiger partial charge in [0.25, 0.3) is 5.91 Å². The second-order valence-corrected chi connectivity index (χ2v) is 2.28. The minimum absolute atomic E-state index is 0.102. The van der Waals surface area contributed by atoms with Crippen LogP contribution in [0.5, 0.6) is 0 Å². The van der Waals surface area contributed by atoms with Crippen molar-refractivity contribution in [3.8, 4) is 0 Å². The molecule has 0 radical (unpaired) electrons. The van der Waals surface area contributed by atoms with Crippen LogP contribution in [-0.2, 0) is 4.79 Å². The van der Waals surface area contributed by atoms with Gasteiger partial charge in [0.05, 0.1) is 6.54 Å². The summed E-state index contributed by atoms with van der Waals surface area (Å²) in [4.78, 5) is 12.1. The quantitative estimate of drug-likeness (QED) is 0.513. The molecule has 0 spiro atoms. The second-order valence-electron chi connectivity index (χ2n) is 2.28. The summed E-state index contributed by atoms with van der Waals surface area (Å²) in [6, 6.07) is 0. The Bertz CT molecular complexity index is 163. The smallest absolute Gasteiger partial charge is 0.261 e. The predicted molar refractivity (Wildman–Crippen MR) is 34.8 cm³/mol. The maximum atomic E-state index is 12.5. The van der Waals surface area contributed by atoms with Crippen molar-refractivity contribution in [2.45, 2.75) is 6.17 Å². The van der Waals surface area contributed by atoms with E-state index in [2.05, 4.69) is 11.9 Å². The van der Waals surface area contributed by atoms with E-state index in [9.17, 15) is 9.18 Å². The normalized spacial score (nSPS) is 26.6. The molecule has 1 N–H and O–H groups in total. The van der Waals surface area contributed by atoms with Crippen molar-refractivity contribution in [2.75, 3.05) is 13.6 Å². The molecule has 4 heteroatoms. The van der Waals surface area contributed by atoms with Gasteiger partial charge in [-0.15, -0.1) is 0 Å². The molecule has 0 aromatic rings. The molecule has 1 saturated heterocycles. The van der Waals surface area contributed by atoms with Crippen molar-refractivity contribution >= 4 is 5.91 Å². The maximum absolute atomic E-state index is 12.5. The molecular weight excluding hydrogens is 135 g/mol. The summed E-state index contributed by atoms with van der Waals surface area (Å²) in [5.41, 5.74) is 0. The Kier molecular flexibility index (Phi) is 1.61. The number of carbonyl (C=O) groups excluding carboxylic acids is 1. The van der Waals surface area contributed by atoms with E-state index in [1.807, 2.05) is 0 Å². The molecule has 1 heterocycles. The van der Waals surface area contributed by atoms with Gasteiger partial charge in [-0.05, 0) is 0 Å². The number of rotatable bonds is 0. The Hall–Kier alpha value is -1.06. The van der Waals surface area contributed by atoms with Gasteiger partial charge in [-0.25, -0.2) is 4.39 Å². The number of halogens is 1. The number of hydrogen-bond donors (Lipinski definition) is 1. The third-order valence-electron chi connectivity index (χ3n) is 1.45. The van der Waals surface area contributed by atoms with E-state index in [0.29, 0.717) is 5.82 Å². The van der Waals surface area contributed by atoms with E-state index in [1.165, 1.54) is 0 Å². The van der Waals surface area contributed by atoms with Crippen molar-refractivity contribution < 1.29 is 9.18 Å². The molecule has 0 bridgehead atoms. The number of alkyl halides is 1. The van der Waals surface area contributed by atoms with Crippen molar-refractivity contribution in [1.82, 2.24) is 10.2 Å². The number of carbonyl (C=O) groups is 1. The Morgan fingerprint density at radius 1 is 1.90 bits per heavy atom. The first-order valence-electron chi connectivity index (χ1n) is 2.96. The van der Waals surface area contributed by atoms with Crippen LogP contribution in [0.15, 0.2) is 12.4 Å². The van der Waals surface area contributed by atoms with Gasteiger partial charge >= 0.3 is 0 Å². The zero-order valence-corrected chi connectivity index (χ0v) is 5.72. The third kappa shape index (κ3) is 1.10. The first-order valence-corrected chi connectivity index (χ1v) is 2.96. The van der Waals surface area contributed by atoms with Gasteiger partial charge in [0.2, 0.25) is 0 Å². The molecule has 0 aromatic carbocycles. The zero-order valence-electron chi connectivity index (χ0n) is 5.72. The first-order chi connectivity index (χ1) is 4.61. The SMILES string of the molecule is C=C1NC(=O)C(F)CN1C. The summed E-state index contributed by atoms with van der Waals surface area (Å²) >= 11 is 0. The minimum atomic E-state index is -1.42. The van der Waals surface area contributed by atoms with Crippen LogP contribution in [-0.4, -0.2) is 30.6 Å². The highest BCUT2D eigenvalue weighted by molar-refractivity contribution is 5.83. The van der Waals surface area contributed by atoms with Gasteiger partial charge in [-0.2, -0.15) is 0 Å². The molecule has 1 unspecified atom stereocenters. The van der Waals surface area contributed by atoms with E-state index < -0.39 is 12.1 Å². The molecule has 1 aliphatic rings. The predicted octanol–water partition coefficient (Wildman–Crippen LogP) is -0.143. The molecule has 1 atom stereocenters. The van der Waals surface area contributed by atoms with E-state index in [4.69, 9.17) is 0 Å². The van der Waals surface area contributed by atoms with Crippen LogP contribution in [0.2, 0.25) is 0 Å². The van der Waals surface area contributed by atoms with E-state index in [1.54, 1.807) is 11.9 Å². The van der Waals surface area contributed by atoms with Crippen LogP contribution in [0.4, 0.5) is 4.39 Å². The Morgan fingerprint density at radius 3 is 3.00 bits per heavy atom. The van der Waals surface area contributed by atoms with Gasteiger partial charge in [0, 0.05) is 7.05 Å². The molecule has 0 aliphatic carbocycles. The average molecular weight is 144 g/mol. The molecule has 1 rings (SSSR count). The maximum Gasteiger partial charge on any atom is 0.261 e. The fraction of sp³-hybridized carbons (Fsp3) is 0.500. The largest absolute Gasteiger partial charge is 0.358 e. The van der Waals surface area contributed by atoms with Gasteiger partial charge in [-0.3, -0.25) is 4.79 Å². The standard InChI is InChI=1S/C6H9FN2O/c1-4-8-6(10)5(7)3-9(4)2/h5H,1,3H2,2H3,(H,8,10). The highest BCUT2D eigenvalue weighted by Crippen LogP contribution is 2.06. The highest BCUT2D eigenvalue weighted by atomic mass is 19.1. The minimum Gasteiger partial charge on any atom is -0.358 e. The summed E-state index contributed by atoms with van der Waals surface area (Å²) in [6.07, 6.45) is -1.42. The highest BCUT2D eigenvalue weighted by Gasteiger charge is 2.25. The van der Waals surface area contributed by atoms with Crippen LogP contribution in [0, 0.1) is 0 Å². The Morgan fingerprint density at radius 2 is 2.50 bits per heavy atom. The fourth-order valence-electron chi connectivity index (χ4n) is 0.749. The lowest BCUT2D eigenvalue weighted by molar-refractivity contribution is -0.128. The Labute approximate surface area is 58.5 Å². The van der Waals surface area contributed by atoms with Gasteiger partial charge in [-0.1, -0.05) is 6.58 Å². The van der Waals surface area contributed by atoms with Crippen molar-refractivity contribution in [2.24, 2.45) is 0 Å². The van der Waals surface area contributed by atoms with Crippen molar-refractivity contribution in [3.63, 3.8) is 0 Å². The van der Waals surface area contributed by atoms with Crippen LogP contribution in [0.1, 0.15) is 0 Å². The summed E-state index contributed by atoms with van der Waals surface area (Å²) in [7, 11) is 1.67. The zero-order chi connectivity index (χ0) is 7.72. The Balaban J connectivity index is 2.63. The number of nitrogens with one attached hydrogen (secondary N) is 1. The van der Waals surface area contributed by atoms with Gasteiger partial charge in [0.1, 0.15) is 5.82 Å². The van der Waals surface area contributed by atoms with Gasteiger partial charge in [0.15, 0.2) is 6.17 Å². The summed E-state index contributed by atoms with van der Waals surface area (Å²) < 4.78 is 12.5. The molecule has 1 aliphatic heterocycles. The van der Waals surface area contributed by atoms with E-state index in [-0.39, 0.29) is 6.54 Å². The van der Waals surface area contributed by atoms with Crippen LogP contribution in [0.25, 0.3) is 0 Å². The van der Waals surface area contributed by atoms with Crippen LogP contribution >= 0.6 is 0 Å². The topological polar surface area (TPSA) is 32.3 Å². The van der Waals surface area contributed by atoms with E-state index in [0.717, 1.165) is 0 Å². The van der Waals surface area contributed by atoms with Crippen molar-refractivity contribution in [3.05, 3.63) is 12.4 Å². The monoisotopic (exact) mass is 144 g/mol. The van der Waals surface area contributed by atoms with E-state index >= 15 is 0 Å². The molecule has 1 fully saturated rings. The molecule has 0 aromatic heterocycles. The number of amides is 1. The molecular formula is C6H9FN2O. The van der Waals surface area contributed by atoms with Crippen molar-refractivity contribution in [1.29, 1.82) is 0 Å². The summed E-state index contributed by atoms with van der Waals surface area (Å²) in [5, 5.41) is 2.30. The average Bonchev–Trinajstić information content (AvgIpc) is 1.84. The number of nitrogens with zero attached hydrogens (tertiary/aromatic N) is 1. The summed E-state index contributed by atoms with van der Waals surface area (Å²) in [5.74, 6) is -0.137. The second kappa shape index (κ2) is 2.28. The lowest BCUT2D eigenvalue weighted by atomic mass is 10.3. The summed E-state index contributed by atoms with van der Waals surface area (Å²) in [6.45, 7) is 3.61. The lowest BCUT2D eigenvalue weighted by Gasteiger charge is -2.28. The molecule has 1 amide bonds. The molecule has 56 valence electrons. The van der Waals surface area contributed by atoms with Crippen LogP contribution in [0.3, 0.4) is 0 Å². The fourth-order valence-corrected chi connectivity index (χ4v) is 0.749. The van der Waals surface area contributed by atoms with Gasteiger partial charge < -0.3 is 10.2 Å². The molecule has 10 heavy (non-hydrogen) atoms.